The molecular formula is C19H24FN3O2. The predicted octanol–water partition coefficient (Wildman–Crippen LogP) is 2.68. The van der Waals surface area contributed by atoms with Crippen LogP contribution in [0.25, 0.3) is 0 Å². The van der Waals surface area contributed by atoms with Gasteiger partial charge in [0.15, 0.2) is 0 Å². The molecule has 5 nitrogen and oxygen atoms in total. The van der Waals surface area contributed by atoms with Gasteiger partial charge in [0.1, 0.15) is 5.82 Å². The van der Waals surface area contributed by atoms with E-state index in [-0.39, 0.29) is 18.2 Å². The van der Waals surface area contributed by atoms with E-state index in [1.807, 2.05) is 44.3 Å². The zero-order valence-electron chi connectivity index (χ0n) is 14.4. The average Bonchev–Trinajstić information content (AvgIpc) is 2.64. The second-order valence-electron chi connectivity index (χ2n) is 5.92. The molecule has 0 aliphatic rings. The molecule has 2 atom stereocenters. The molecule has 0 radical (unpaired) electrons. The van der Waals surface area contributed by atoms with E-state index in [2.05, 4.69) is 15.5 Å². The highest BCUT2D eigenvalue weighted by Crippen LogP contribution is 2.15. The van der Waals surface area contributed by atoms with E-state index >= 15 is 0 Å². The summed E-state index contributed by atoms with van der Waals surface area (Å²) in [6.45, 7) is 2.38. The zero-order valence-corrected chi connectivity index (χ0v) is 14.4. The Morgan fingerprint density at radius 1 is 1.08 bits per heavy atom. The van der Waals surface area contributed by atoms with Gasteiger partial charge in [0, 0.05) is 37.4 Å². The summed E-state index contributed by atoms with van der Waals surface area (Å²) in [5.41, 5.74) is 1.23. The zero-order chi connectivity index (χ0) is 18.2. The van der Waals surface area contributed by atoms with Crippen molar-refractivity contribution >= 4 is 11.7 Å². The molecule has 2 aromatic carbocycles. The first kappa shape index (κ1) is 18.7. The molecular weight excluding hydrogens is 321 g/mol. The van der Waals surface area contributed by atoms with Gasteiger partial charge in [0.05, 0.1) is 6.10 Å². The van der Waals surface area contributed by atoms with Crippen LogP contribution in [0.2, 0.25) is 0 Å². The third-order valence-electron chi connectivity index (χ3n) is 4.10. The Balaban J connectivity index is 1.76. The molecule has 0 aliphatic carbocycles. The van der Waals surface area contributed by atoms with Gasteiger partial charge in [-0.15, -0.1) is 0 Å². The van der Waals surface area contributed by atoms with E-state index in [9.17, 15) is 14.3 Å². The highest BCUT2D eigenvalue weighted by molar-refractivity contribution is 5.74. The first-order valence-electron chi connectivity index (χ1n) is 8.21. The standard InChI is InChI=1S/C19H24FN3O2/c1-14(23(2)15-8-4-3-5-9-15)12-21-19(25)22-13-18(24)16-10-6-7-11-17(16)20/h3-11,14,18,24H,12-13H2,1-2H3,(H2,21,22,25). The van der Waals surface area contributed by atoms with Crippen LogP contribution in [0, 0.1) is 5.82 Å². The van der Waals surface area contributed by atoms with Crippen molar-refractivity contribution < 1.29 is 14.3 Å². The van der Waals surface area contributed by atoms with E-state index < -0.39 is 18.0 Å². The largest absolute Gasteiger partial charge is 0.386 e. The Labute approximate surface area is 147 Å². The third-order valence-corrected chi connectivity index (χ3v) is 4.10. The molecule has 0 aromatic heterocycles. The molecule has 0 heterocycles. The van der Waals surface area contributed by atoms with Crippen molar-refractivity contribution in [3.63, 3.8) is 0 Å². The number of rotatable bonds is 7. The summed E-state index contributed by atoms with van der Waals surface area (Å²) in [7, 11) is 1.96. The summed E-state index contributed by atoms with van der Waals surface area (Å²) < 4.78 is 13.6. The van der Waals surface area contributed by atoms with Gasteiger partial charge in [-0.25, -0.2) is 9.18 Å². The second-order valence-corrected chi connectivity index (χ2v) is 5.92. The molecule has 0 bridgehead atoms. The summed E-state index contributed by atoms with van der Waals surface area (Å²) in [6.07, 6.45) is -1.09. The molecule has 3 N–H and O–H groups in total. The van der Waals surface area contributed by atoms with Crippen molar-refractivity contribution in [2.75, 3.05) is 25.0 Å². The van der Waals surface area contributed by atoms with Crippen LogP contribution in [0.4, 0.5) is 14.9 Å². The summed E-state index contributed by atoms with van der Waals surface area (Å²) >= 11 is 0. The van der Waals surface area contributed by atoms with E-state index in [0.29, 0.717) is 6.54 Å². The number of hydrogen-bond donors (Lipinski definition) is 3. The van der Waals surface area contributed by atoms with E-state index in [1.165, 1.54) is 12.1 Å². The maximum Gasteiger partial charge on any atom is 0.314 e. The minimum Gasteiger partial charge on any atom is -0.386 e. The van der Waals surface area contributed by atoms with E-state index in [4.69, 9.17) is 0 Å². The summed E-state index contributed by atoms with van der Waals surface area (Å²) in [6, 6.07) is 15.5. The average molecular weight is 345 g/mol. The molecule has 2 aromatic rings. The van der Waals surface area contributed by atoms with E-state index in [1.54, 1.807) is 12.1 Å². The monoisotopic (exact) mass is 345 g/mol. The number of carbonyl (C=O) groups is 1. The minimum absolute atomic E-state index is 0.0598. The molecule has 0 spiro atoms. The molecule has 2 amide bonds. The number of halogens is 1. The lowest BCUT2D eigenvalue weighted by Gasteiger charge is -2.27. The molecule has 25 heavy (non-hydrogen) atoms. The van der Waals surface area contributed by atoms with Gasteiger partial charge in [-0.05, 0) is 25.1 Å². The molecule has 0 saturated carbocycles. The van der Waals surface area contributed by atoms with Crippen molar-refractivity contribution in [2.45, 2.75) is 19.1 Å². The fourth-order valence-electron chi connectivity index (χ4n) is 2.40. The Kier molecular flexibility index (Phi) is 6.77. The molecule has 0 saturated heterocycles. The summed E-state index contributed by atoms with van der Waals surface area (Å²) in [4.78, 5) is 13.9. The van der Waals surface area contributed by atoms with Crippen LogP contribution in [-0.2, 0) is 0 Å². The van der Waals surface area contributed by atoms with Crippen molar-refractivity contribution in [3.8, 4) is 0 Å². The Morgan fingerprint density at radius 3 is 2.36 bits per heavy atom. The van der Waals surface area contributed by atoms with Gasteiger partial charge in [-0.1, -0.05) is 36.4 Å². The number of benzene rings is 2. The number of para-hydroxylation sites is 1. The van der Waals surface area contributed by atoms with Crippen LogP contribution in [0.1, 0.15) is 18.6 Å². The van der Waals surface area contributed by atoms with Gasteiger partial charge in [0.2, 0.25) is 0 Å². The topological polar surface area (TPSA) is 64.6 Å². The highest BCUT2D eigenvalue weighted by Gasteiger charge is 2.14. The minimum atomic E-state index is -1.09. The number of likely N-dealkylation sites (N-methyl/N-ethyl adjacent to an activating group) is 1. The number of urea groups is 1. The van der Waals surface area contributed by atoms with Crippen LogP contribution < -0.4 is 15.5 Å². The first-order valence-corrected chi connectivity index (χ1v) is 8.21. The van der Waals surface area contributed by atoms with Crippen LogP contribution in [0.3, 0.4) is 0 Å². The van der Waals surface area contributed by atoms with Gasteiger partial charge in [-0.3, -0.25) is 0 Å². The number of nitrogens with one attached hydrogen (secondary N) is 2. The van der Waals surface area contributed by atoms with Crippen LogP contribution in [0.5, 0.6) is 0 Å². The Hall–Kier alpha value is -2.60. The van der Waals surface area contributed by atoms with Gasteiger partial charge in [0.25, 0.3) is 0 Å². The number of amides is 2. The van der Waals surface area contributed by atoms with Gasteiger partial charge >= 0.3 is 6.03 Å². The van der Waals surface area contributed by atoms with Gasteiger partial charge < -0.3 is 20.6 Å². The summed E-state index contributed by atoms with van der Waals surface area (Å²) in [5, 5.41) is 15.3. The van der Waals surface area contributed by atoms with Crippen molar-refractivity contribution in [3.05, 3.63) is 66.0 Å². The Bertz CT molecular complexity index is 681. The lowest BCUT2D eigenvalue weighted by atomic mass is 10.1. The molecule has 0 aliphatic heterocycles. The van der Waals surface area contributed by atoms with Crippen molar-refractivity contribution in [2.24, 2.45) is 0 Å². The second kappa shape index (κ2) is 9.03. The van der Waals surface area contributed by atoms with Crippen molar-refractivity contribution in [1.29, 1.82) is 0 Å². The predicted molar refractivity (Wildman–Crippen MR) is 97.1 cm³/mol. The fourth-order valence-corrected chi connectivity index (χ4v) is 2.40. The van der Waals surface area contributed by atoms with Crippen LogP contribution in [0.15, 0.2) is 54.6 Å². The van der Waals surface area contributed by atoms with Crippen molar-refractivity contribution in [1.82, 2.24) is 10.6 Å². The number of aliphatic hydroxyl groups is 1. The molecule has 2 unspecified atom stereocenters. The number of nitrogens with zero attached hydrogens (tertiary/aromatic N) is 1. The highest BCUT2D eigenvalue weighted by atomic mass is 19.1. The van der Waals surface area contributed by atoms with Crippen LogP contribution in [-0.4, -0.2) is 37.3 Å². The number of hydrogen-bond acceptors (Lipinski definition) is 3. The van der Waals surface area contributed by atoms with Crippen LogP contribution >= 0.6 is 0 Å². The maximum atomic E-state index is 13.6. The molecule has 6 heteroatoms. The quantitative estimate of drug-likeness (QED) is 0.723. The normalized spacial score (nSPS) is 13.0. The summed E-state index contributed by atoms with van der Waals surface area (Å²) in [5.74, 6) is -0.490. The lowest BCUT2D eigenvalue weighted by Crippen LogP contribution is -2.45. The number of carbonyl (C=O) groups excluding carboxylic acids is 1. The first-order chi connectivity index (χ1) is 12.0. The smallest absolute Gasteiger partial charge is 0.314 e. The number of anilines is 1. The molecule has 2 rings (SSSR count). The maximum absolute atomic E-state index is 13.6. The van der Waals surface area contributed by atoms with Gasteiger partial charge in [-0.2, -0.15) is 0 Å². The molecule has 134 valence electrons. The molecule has 0 fully saturated rings. The SMILES string of the molecule is CC(CNC(=O)NCC(O)c1ccccc1F)N(C)c1ccccc1. The Morgan fingerprint density at radius 2 is 1.68 bits per heavy atom. The van der Waals surface area contributed by atoms with E-state index in [0.717, 1.165) is 5.69 Å². The lowest BCUT2D eigenvalue weighted by molar-refractivity contribution is 0.169. The third kappa shape index (κ3) is 5.46. The fraction of sp³-hybridized carbons (Fsp3) is 0.316. The number of aliphatic hydroxyl groups excluding tert-OH is 1.